The summed E-state index contributed by atoms with van der Waals surface area (Å²) >= 11 is 0. The summed E-state index contributed by atoms with van der Waals surface area (Å²) in [5, 5.41) is 9.69. The second-order valence-electron chi connectivity index (χ2n) is 8.29. The van der Waals surface area contributed by atoms with E-state index in [1.165, 1.54) is 40.6 Å². The molecule has 4 nitrogen and oxygen atoms in total. The van der Waals surface area contributed by atoms with E-state index in [1.807, 2.05) is 43.3 Å². The average Bonchev–Trinajstić information content (AvgIpc) is 3.57. The number of nitrogens with zero attached hydrogens (tertiary/aromatic N) is 3. The van der Waals surface area contributed by atoms with Gasteiger partial charge in [0.25, 0.3) is 0 Å². The maximum Gasteiger partial charge on any atom is 0.242 e. The van der Waals surface area contributed by atoms with E-state index >= 15 is 0 Å². The van der Waals surface area contributed by atoms with Crippen LogP contribution < -0.4 is 5.32 Å². The van der Waals surface area contributed by atoms with Crippen LogP contribution in [-0.2, 0) is 13.5 Å². The molecule has 0 atom stereocenters. The SMILES string of the molecule is CNc1cc2cc(-c3cnn(C)c3C)ccc2cn1.FC(F)Cc1ccc(C=C2CC2)cc1. The molecule has 4 aromatic rings. The van der Waals surface area contributed by atoms with E-state index in [9.17, 15) is 8.78 Å². The fourth-order valence-corrected chi connectivity index (χ4v) is 3.61. The van der Waals surface area contributed by atoms with E-state index in [0.29, 0.717) is 5.56 Å². The molecule has 170 valence electrons. The molecule has 1 aliphatic carbocycles. The molecule has 6 heteroatoms. The quantitative estimate of drug-likeness (QED) is 0.373. The summed E-state index contributed by atoms with van der Waals surface area (Å²) in [5.74, 6) is 0.882. The third kappa shape index (κ3) is 5.83. The van der Waals surface area contributed by atoms with Crippen LogP contribution in [0.15, 0.2) is 66.5 Å². The predicted octanol–water partition coefficient (Wildman–Crippen LogP) is 6.66. The van der Waals surface area contributed by atoms with E-state index in [-0.39, 0.29) is 6.42 Å². The normalized spacial score (nSPS) is 12.5. The summed E-state index contributed by atoms with van der Waals surface area (Å²) < 4.78 is 26.0. The number of hydrogen-bond donors (Lipinski definition) is 1. The zero-order valence-corrected chi connectivity index (χ0v) is 19.1. The highest BCUT2D eigenvalue weighted by atomic mass is 19.3. The summed E-state index contributed by atoms with van der Waals surface area (Å²) in [6, 6.07) is 15.8. The van der Waals surface area contributed by atoms with Crippen molar-refractivity contribution in [1.82, 2.24) is 14.8 Å². The molecule has 0 amide bonds. The molecular formula is C27H28F2N4. The van der Waals surface area contributed by atoms with Crippen molar-refractivity contribution in [3.8, 4) is 11.1 Å². The summed E-state index contributed by atoms with van der Waals surface area (Å²) in [7, 11) is 3.84. The molecule has 5 rings (SSSR count). The fraction of sp³-hybridized carbons (Fsp3) is 0.259. The maximum atomic E-state index is 12.0. The number of rotatable bonds is 5. The topological polar surface area (TPSA) is 42.7 Å². The van der Waals surface area contributed by atoms with Crippen molar-refractivity contribution < 1.29 is 8.78 Å². The van der Waals surface area contributed by atoms with Crippen LogP contribution in [0, 0.1) is 6.92 Å². The molecule has 0 aliphatic heterocycles. The molecule has 1 aliphatic rings. The fourth-order valence-electron chi connectivity index (χ4n) is 3.61. The molecular weight excluding hydrogens is 418 g/mol. The Hall–Kier alpha value is -3.54. The van der Waals surface area contributed by atoms with Gasteiger partial charge in [0.2, 0.25) is 6.43 Å². The smallest absolute Gasteiger partial charge is 0.242 e. The van der Waals surface area contributed by atoms with Crippen LogP contribution in [0.5, 0.6) is 0 Å². The van der Waals surface area contributed by atoms with Gasteiger partial charge in [-0.05, 0) is 54.0 Å². The highest BCUT2D eigenvalue weighted by molar-refractivity contribution is 5.88. The Kier molecular flexibility index (Phi) is 6.82. The van der Waals surface area contributed by atoms with Crippen molar-refractivity contribution in [1.29, 1.82) is 0 Å². The highest BCUT2D eigenvalue weighted by Gasteiger charge is 2.10. The van der Waals surface area contributed by atoms with Crippen LogP contribution in [-0.4, -0.2) is 28.2 Å². The predicted molar refractivity (Wildman–Crippen MR) is 132 cm³/mol. The Morgan fingerprint density at radius 2 is 1.79 bits per heavy atom. The Labute approximate surface area is 193 Å². The lowest BCUT2D eigenvalue weighted by atomic mass is 10.0. The van der Waals surface area contributed by atoms with Crippen molar-refractivity contribution in [2.45, 2.75) is 32.6 Å². The number of benzene rings is 2. The molecule has 0 unspecified atom stereocenters. The minimum atomic E-state index is -2.25. The van der Waals surface area contributed by atoms with E-state index in [1.54, 1.807) is 12.1 Å². The van der Waals surface area contributed by atoms with Crippen molar-refractivity contribution in [2.24, 2.45) is 7.05 Å². The molecule has 2 aromatic carbocycles. The van der Waals surface area contributed by atoms with Crippen LogP contribution >= 0.6 is 0 Å². The Balaban J connectivity index is 0.000000165. The number of aryl methyl sites for hydroxylation is 1. The first kappa shape index (κ1) is 22.6. The van der Waals surface area contributed by atoms with Crippen LogP contribution in [0.25, 0.3) is 28.0 Å². The Morgan fingerprint density at radius 1 is 1.03 bits per heavy atom. The number of allylic oxidation sites excluding steroid dienone is 1. The minimum Gasteiger partial charge on any atom is -0.373 e. The van der Waals surface area contributed by atoms with Crippen molar-refractivity contribution in [2.75, 3.05) is 12.4 Å². The van der Waals surface area contributed by atoms with Crippen LogP contribution in [0.2, 0.25) is 0 Å². The average molecular weight is 447 g/mol. The lowest BCUT2D eigenvalue weighted by Gasteiger charge is -2.05. The first-order valence-electron chi connectivity index (χ1n) is 11.1. The van der Waals surface area contributed by atoms with Crippen LogP contribution in [0.4, 0.5) is 14.6 Å². The Bertz CT molecular complexity index is 1270. The van der Waals surface area contributed by atoms with Gasteiger partial charge in [0, 0.05) is 43.4 Å². The van der Waals surface area contributed by atoms with E-state index in [2.05, 4.69) is 52.7 Å². The van der Waals surface area contributed by atoms with Crippen molar-refractivity contribution in [3.05, 3.63) is 83.3 Å². The number of anilines is 1. The summed E-state index contributed by atoms with van der Waals surface area (Å²) in [4.78, 5) is 4.32. The van der Waals surface area contributed by atoms with Gasteiger partial charge >= 0.3 is 0 Å². The van der Waals surface area contributed by atoms with Crippen molar-refractivity contribution >= 4 is 22.7 Å². The highest BCUT2D eigenvalue weighted by Crippen LogP contribution is 2.30. The molecule has 1 N–H and O–H groups in total. The van der Waals surface area contributed by atoms with Crippen LogP contribution in [0.3, 0.4) is 0 Å². The number of halogens is 2. The van der Waals surface area contributed by atoms with Gasteiger partial charge in [0.1, 0.15) is 5.82 Å². The van der Waals surface area contributed by atoms with Gasteiger partial charge in [0.05, 0.1) is 6.20 Å². The summed E-state index contributed by atoms with van der Waals surface area (Å²) in [5.41, 5.74) is 6.81. The molecule has 2 aromatic heterocycles. The number of aromatic nitrogens is 3. The number of hydrogen-bond acceptors (Lipinski definition) is 3. The lowest BCUT2D eigenvalue weighted by Crippen LogP contribution is -1.95. The monoisotopic (exact) mass is 446 g/mol. The number of fused-ring (bicyclic) bond motifs is 1. The van der Waals surface area contributed by atoms with Gasteiger partial charge < -0.3 is 5.32 Å². The molecule has 2 heterocycles. The second-order valence-corrected chi connectivity index (χ2v) is 8.29. The standard InChI is InChI=1S/C15H16N4.C12H12F2/c1-10-14(9-18-19(10)3)11-4-5-12-8-17-15(16-2)7-13(12)6-11;13-12(14)8-11-5-3-10(4-6-11)7-9-1-2-9/h4-9H,1-3H3,(H,16,17);3-7,12H,1-2,8H2. The van der Waals surface area contributed by atoms with E-state index in [4.69, 9.17) is 0 Å². The van der Waals surface area contributed by atoms with Crippen LogP contribution in [0.1, 0.15) is 29.7 Å². The number of pyridine rings is 1. The van der Waals surface area contributed by atoms with Gasteiger partial charge in [0.15, 0.2) is 0 Å². The van der Waals surface area contributed by atoms with Gasteiger partial charge in [-0.1, -0.05) is 48.0 Å². The van der Waals surface area contributed by atoms with Gasteiger partial charge in [-0.15, -0.1) is 0 Å². The molecule has 33 heavy (non-hydrogen) atoms. The van der Waals surface area contributed by atoms with Gasteiger partial charge in [-0.2, -0.15) is 5.10 Å². The summed E-state index contributed by atoms with van der Waals surface area (Å²) in [6.45, 7) is 2.08. The third-order valence-electron chi connectivity index (χ3n) is 5.80. The second kappa shape index (κ2) is 9.94. The lowest BCUT2D eigenvalue weighted by molar-refractivity contribution is 0.149. The van der Waals surface area contributed by atoms with E-state index in [0.717, 1.165) is 16.8 Å². The molecule has 1 saturated carbocycles. The molecule has 0 bridgehead atoms. The summed E-state index contributed by atoms with van der Waals surface area (Å²) in [6.07, 6.45) is 5.93. The maximum absolute atomic E-state index is 12.0. The number of alkyl halides is 2. The van der Waals surface area contributed by atoms with Gasteiger partial charge in [-0.3, -0.25) is 4.68 Å². The van der Waals surface area contributed by atoms with E-state index < -0.39 is 6.43 Å². The molecule has 0 saturated heterocycles. The molecule has 0 spiro atoms. The minimum absolute atomic E-state index is 0.142. The Morgan fingerprint density at radius 3 is 2.39 bits per heavy atom. The third-order valence-corrected chi connectivity index (χ3v) is 5.80. The molecule has 0 radical (unpaired) electrons. The van der Waals surface area contributed by atoms with Gasteiger partial charge in [-0.25, -0.2) is 13.8 Å². The zero-order chi connectivity index (χ0) is 23.4. The first-order valence-corrected chi connectivity index (χ1v) is 11.1. The molecule has 1 fully saturated rings. The first-order chi connectivity index (χ1) is 15.9. The largest absolute Gasteiger partial charge is 0.373 e. The zero-order valence-electron chi connectivity index (χ0n) is 19.1. The van der Waals surface area contributed by atoms with Crippen molar-refractivity contribution in [3.63, 3.8) is 0 Å². The number of nitrogens with one attached hydrogen (secondary N) is 1.